The molecule has 0 bridgehead atoms. The van der Waals surface area contributed by atoms with Crippen LogP contribution in [0.25, 0.3) is 0 Å². The molecule has 5 heteroatoms. The number of hydrogen-bond donors (Lipinski definition) is 2. The molecule has 0 radical (unpaired) electrons. The highest BCUT2D eigenvalue weighted by Gasteiger charge is 2.20. The van der Waals surface area contributed by atoms with Gasteiger partial charge in [0.15, 0.2) is 5.96 Å². The van der Waals surface area contributed by atoms with Crippen molar-refractivity contribution in [1.82, 2.24) is 15.5 Å². The molecular weight excluding hydrogens is 360 g/mol. The maximum atomic E-state index is 5.59. The van der Waals surface area contributed by atoms with Crippen molar-refractivity contribution in [3.05, 3.63) is 71.3 Å². The normalized spacial score (nSPS) is 16.0. The lowest BCUT2D eigenvalue weighted by molar-refractivity contribution is 0.133. The molecule has 0 amide bonds. The number of nitrogens with one attached hydrogen (secondary N) is 2. The third-order valence-electron chi connectivity index (χ3n) is 5.43. The van der Waals surface area contributed by atoms with Gasteiger partial charge in [0.25, 0.3) is 0 Å². The summed E-state index contributed by atoms with van der Waals surface area (Å²) in [6, 6.07) is 19.6. The molecule has 1 fully saturated rings. The summed E-state index contributed by atoms with van der Waals surface area (Å²) in [5.41, 5.74) is 3.87. The van der Waals surface area contributed by atoms with E-state index in [1.807, 2.05) is 14.0 Å². The molecular formula is C24H34N4O. The Morgan fingerprint density at radius 1 is 1.03 bits per heavy atom. The predicted molar refractivity (Wildman–Crippen MR) is 120 cm³/mol. The Labute approximate surface area is 175 Å². The monoisotopic (exact) mass is 394 g/mol. The number of guanidine groups is 1. The molecule has 0 spiro atoms. The van der Waals surface area contributed by atoms with Gasteiger partial charge in [-0.15, -0.1) is 0 Å². The average Bonchev–Trinajstić information content (AvgIpc) is 2.77. The lowest BCUT2D eigenvalue weighted by Crippen LogP contribution is -2.48. The van der Waals surface area contributed by atoms with Gasteiger partial charge < -0.3 is 15.4 Å². The van der Waals surface area contributed by atoms with Crippen LogP contribution < -0.4 is 10.6 Å². The SMILES string of the molecule is CCOCc1ccccc1CNC(=NC)NC1CCN(Cc2ccccc2)CC1. The van der Waals surface area contributed by atoms with E-state index in [1.54, 1.807) is 0 Å². The highest BCUT2D eigenvalue weighted by atomic mass is 16.5. The van der Waals surface area contributed by atoms with Gasteiger partial charge in [0.1, 0.15) is 0 Å². The molecule has 3 rings (SSSR count). The van der Waals surface area contributed by atoms with Crippen LogP contribution in [0.3, 0.4) is 0 Å². The van der Waals surface area contributed by atoms with Gasteiger partial charge in [-0.05, 0) is 36.5 Å². The number of ether oxygens (including phenoxy) is 1. The molecule has 29 heavy (non-hydrogen) atoms. The maximum Gasteiger partial charge on any atom is 0.191 e. The minimum absolute atomic E-state index is 0.465. The van der Waals surface area contributed by atoms with Crippen LogP contribution in [-0.4, -0.2) is 43.6 Å². The molecule has 1 aliphatic rings. The van der Waals surface area contributed by atoms with Crippen molar-refractivity contribution in [3.63, 3.8) is 0 Å². The Morgan fingerprint density at radius 2 is 1.72 bits per heavy atom. The Morgan fingerprint density at radius 3 is 2.41 bits per heavy atom. The fraction of sp³-hybridized carbons (Fsp3) is 0.458. The third kappa shape index (κ3) is 6.87. The lowest BCUT2D eigenvalue weighted by Gasteiger charge is -2.33. The first-order valence-corrected chi connectivity index (χ1v) is 10.7. The van der Waals surface area contributed by atoms with Crippen LogP contribution in [0.5, 0.6) is 0 Å². The summed E-state index contributed by atoms with van der Waals surface area (Å²) in [6.45, 7) is 7.42. The Hall–Kier alpha value is -2.37. The molecule has 0 aromatic heterocycles. The summed E-state index contributed by atoms with van der Waals surface area (Å²) in [6.07, 6.45) is 2.27. The molecule has 2 N–H and O–H groups in total. The Balaban J connectivity index is 1.44. The summed E-state index contributed by atoms with van der Waals surface area (Å²) >= 11 is 0. The highest BCUT2D eigenvalue weighted by molar-refractivity contribution is 5.80. The van der Waals surface area contributed by atoms with E-state index in [2.05, 4.69) is 75.1 Å². The molecule has 1 aliphatic heterocycles. The minimum Gasteiger partial charge on any atom is -0.377 e. The number of hydrogen-bond acceptors (Lipinski definition) is 3. The second-order valence-electron chi connectivity index (χ2n) is 7.51. The average molecular weight is 395 g/mol. The van der Waals surface area contributed by atoms with Crippen LogP contribution in [0.15, 0.2) is 59.6 Å². The largest absolute Gasteiger partial charge is 0.377 e. The number of nitrogens with zero attached hydrogens (tertiary/aromatic N) is 2. The lowest BCUT2D eigenvalue weighted by atomic mass is 10.0. The zero-order chi connectivity index (χ0) is 20.3. The summed E-state index contributed by atoms with van der Waals surface area (Å²) in [7, 11) is 1.84. The van der Waals surface area contributed by atoms with E-state index >= 15 is 0 Å². The van der Waals surface area contributed by atoms with Crippen LogP contribution >= 0.6 is 0 Å². The summed E-state index contributed by atoms with van der Waals surface area (Å²) in [5.74, 6) is 0.873. The summed E-state index contributed by atoms with van der Waals surface area (Å²) in [4.78, 5) is 6.96. The van der Waals surface area contributed by atoms with E-state index in [9.17, 15) is 0 Å². The van der Waals surface area contributed by atoms with E-state index in [0.29, 0.717) is 12.6 Å². The van der Waals surface area contributed by atoms with E-state index < -0.39 is 0 Å². The second-order valence-corrected chi connectivity index (χ2v) is 7.51. The molecule has 0 atom stereocenters. The van der Waals surface area contributed by atoms with Crippen LogP contribution in [0, 0.1) is 0 Å². The van der Waals surface area contributed by atoms with Crippen molar-refractivity contribution in [2.75, 3.05) is 26.7 Å². The first kappa shape index (κ1) is 21.3. The number of likely N-dealkylation sites (tertiary alicyclic amines) is 1. The summed E-state index contributed by atoms with van der Waals surface area (Å²) < 4.78 is 5.59. The van der Waals surface area contributed by atoms with Gasteiger partial charge in [-0.2, -0.15) is 0 Å². The third-order valence-corrected chi connectivity index (χ3v) is 5.43. The topological polar surface area (TPSA) is 48.9 Å². The van der Waals surface area contributed by atoms with Crippen LogP contribution in [0.1, 0.15) is 36.5 Å². The fourth-order valence-electron chi connectivity index (χ4n) is 3.73. The van der Waals surface area contributed by atoms with Crippen molar-refractivity contribution in [2.45, 2.75) is 45.5 Å². The van der Waals surface area contributed by atoms with E-state index in [-0.39, 0.29) is 0 Å². The van der Waals surface area contributed by atoms with Gasteiger partial charge in [-0.3, -0.25) is 9.89 Å². The van der Waals surface area contributed by atoms with Crippen molar-refractivity contribution in [1.29, 1.82) is 0 Å². The first-order valence-electron chi connectivity index (χ1n) is 10.7. The Kier molecular flexibility index (Phi) is 8.53. The molecule has 0 unspecified atom stereocenters. The fourth-order valence-corrected chi connectivity index (χ4v) is 3.73. The summed E-state index contributed by atoms with van der Waals surface area (Å²) in [5, 5.41) is 7.07. The molecule has 0 saturated carbocycles. The molecule has 5 nitrogen and oxygen atoms in total. The number of benzene rings is 2. The molecule has 2 aromatic rings. The van der Waals surface area contributed by atoms with Crippen molar-refractivity contribution in [3.8, 4) is 0 Å². The quantitative estimate of drug-likeness (QED) is 0.531. The van der Waals surface area contributed by atoms with E-state index in [4.69, 9.17) is 4.74 Å². The second kappa shape index (κ2) is 11.6. The van der Waals surface area contributed by atoms with Gasteiger partial charge in [0.2, 0.25) is 0 Å². The molecule has 0 aliphatic carbocycles. The molecule has 1 saturated heterocycles. The molecule has 2 aromatic carbocycles. The van der Waals surface area contributed by atoms with Crippen molar-refractivity contribution >= 4 is 5.96 Å². The molecule has 156 valence electrons. The van der Waals surface area contributed by atoms with Crippen LogP contribution in [0.2, 0.25) is 0 Å². The Bertz CT molecular complexity index is 754. The number of rotatable bonds is 8. The van der Waals surface area contributed by atoms with Gasteiger partial charge in [-0.1, -0.05) is 54.6 Å². The minimum atomic E-state index is 0.465. The standard InChI is InChI=1S/C24H34N4O/c1-3-29-19-22-12-8-7-11-21(22)17-26-24(25-2)27-23-13-15-28(16-14-23)18-20-9-5-4-6-10-20/h4-12,23H,3,13-19H2,1-2H3,(H2,25,26,27). The molecule has 1 heterocycles. The number of aliphatic imine (C=N–C) groups is 1. The maximum absolute atomic E-state index is 5.59. The van der Waals surface area contributed by atoms with Gasteiger partial charge in [0, 0.05) is 45.9 Å². The van der Waals surface area contributed by atoms with Crippen LogP contribution in [0.4, 0.5) is 0 Å². The zero-order valence-electron chi connectivity index (χ0n) is 17.7. The first-order chi connectivity index (χ1) is 14.3. The van der Waals surface area contributed by atoms with Crippen molar-refractivity contribution in [2.24, 2.45) is 4.99 Å². The predicted octanol–water partition coefficient (Wildman–Crippen LogP) is 3.55. The van der Waals surface area contributed by atoms with Crippen LogP contribution in [-0.2, 0) is 24.4 Å². The highest BCUT2D eigenvalue weighted by Crippen LogP contribution is 2.14. The van der Waals surface area contributed by atoms with E-state index in [1.165, 1.54) is 16.7 Å². The van der Waals surface area contributed by atoms with Gasteiger partial charge in [-0.25, -0.2) is 0 Å². The van der Waals surface area contributed by atoms with Crippen molar-refractivity contribution < 1.29 is 4.74 Å². The van der Waals surface area contributed by atoms with Gasteiger partial charge in [0.05, 0.1) is 6.61 Å². The zero-order valence-corrected chi connectivity index (χ0v) is 17.7. The smallest absolute Gasteiger partial charge is 0.191 e. The number of piperidine rings is 1. The van der Waals surface area contributed by atoms with E-state index in [0.717, 1.165) is 51.6 Å². The van der Waals surface area contributed by atoms with Gasteiger partial charge >= 0.3 is 0 Å².